The van der Waals surface area contributed by atoms with Crippen molar-refractivity contribution in [3.05, 3.63) is 107 Å². The molecule has 14 nitrogen and oxygen atoms in total. The van der Waals surface area contributed by atoms with Gasteiger partial charge >= 0.3 is 12.7 Å². The second-order valence-electron chi connectivity index (χ2n) is 14.1. The van der Waals surface area contributed by atoms with Crippen molar-refractivity contribution in [1.82, 2.24) is 29.2 Å². The maximum absolute atomic E-state index is 12.9. The molecule has 0 unspecified atom stereocenters. The Kier molecular flexibility index (Phi) is 10.3. The number of aliphatic hydroxyl groups excluding tert-OH is 2. The van der Waals surface area contributed by atoms with Gasteiger partial charge in [0, 0.05) is 73.7 Å². The molecule has 304 valence electrons. The van der Waals surface area contributed by atoms with Crippen LogP contribution in [0.3, 0.4) is 0 Å². The molecule has 8 rings (SSSR count). The van der Waals surface area contributed by atoms with Crippen molar-refractivity contribution in [3.63, 3.8) is 0 Å². The molecule has 58 heavy (non-hydrogen) atoms. The van der Waals surface area contributed by atoms with Gasteiger partial charge in [-0.2, -0.15) is 10.2 Å². The van der Waals surface area contributed by atoms with Gasteiger partial charge in [-0.1, -0.05) is 0 Å². The molecule has 2 atom stereocenters. The fourth-order valence-electron chi connectivity index (χ4n) is 6.67. The Hall–Kier alpha value is -6.28. The van der Waals surface area contributed by atoms with Gasteiger partial charge in [-0.25, -0.2) is 19.0 Å². The normalized spacial score (nSPS) is 18.5. The molecule has 6 heterocycles. The van der Waals surface area contributed by atoms with Crippen LogP contribution in [-0.4, -0.2) is 88.1 Å². The van der Waals surface area contributed by atoms with Crippen molar-refractivity contribution in [1.29, 1.82) is 0 Å². The number of aliphatic hydroxyl groups is 2. The van der Waals surface area contributed by atoms with Crippen molar-refractivity contribution in [3.8, 4) is 23.0 Å². The number of fused-ring (bicyclic) bond motifs is 4. The zero-order valence-electron chi connectivity index (χ0n) is 30.5. The van der Waals surface area contributed by atoms with E-state index in [1.54, 1.807) is 38.4 Å². The van der Waals surface area contributed by atoms with Gasteiger partial charge in [0.15, 0.2) is 22.9 Å². The van der Waals surface area contributed by atoms with Gasteiger partial charge in [0.2, 0.25) is 0 Å². The molecule has 0 spiro atoms. The van der Waals surface area contributed by atoms with Crippen LogP contribution in [0.25, 0.3) is 11.3 Å². The molecule has 0 radical (unpaired) electrons. The first-order valence-electron chi connectivity index (χ1n) is 17.4. The number of benzene rings is 2. The van der Waals surface area contributed by atoms with E-state index in [1.165, 1.54) is 46.0 Å². The molecule has 0 amide bonds. The number of alkyl halides is 6. The van der Waals surface area contributed by atoms with Gasteiger partial charge in [0.25, 0.3) is 0 Å². The number of hydrogen-bond acceptors (Lipinski definition) is 12. The third-order valence-corrected chi connectivity index (χ3v) is 9.31. The fourth-order valence-corrected chi connectivity index (χ4v) is 6.67. The number of halogens is 6. The van der Waals surface area contributed by atoms with Gasteiger partial charge in [-0.15, -0.1) is 26.3 Å². The number of nitrogens with zero attached hydrogens (tertiary/aromatic N) is 6. The predicted octanol–water partition coefficient (Wildman–Crippen LogP) is 5.48. The number of ether oxygens (including phenoxy) is 4. The minimum atomic E-state index is -4.93. The van der Waals surface area contributed by atoms with Crippen LogP contribution in [0.1, 0.15) is 56.8 Å². The van der Waals surface area contributed by atoms with Crippen LogP contribution in [0, 0.1) is 0 Å². The Labute approximate surface area is 323 Å². The van der Waals surface area contributed by atoms with Crippen LogP contribution in [0.5, 0.6) is 23.0 Å². The molecule has 0 bridgehead atoms. The molecule has 0 saturated carbocycles. The van der Waals surface area contributed by atoms with Crippen molar-refractivity contribution < 1.29 is 65.1 Å². The SMILES string of the molecule is C[C@@]1(CO)Cc2cc(CC(=O)c3cnn4cccnc34)c(OC(F)(F)F)cc2O1.C[C@]1(CO)Cc2cc(CC(=O)c3cnn4cccnc34)c(OC(F)(F)F)cc2O1. The van der Waals surface area contributed by atoms with Crippen LogP contribution in [0.15, 0.2) is 73.6 Å². The van der Waals surface area contributed by atoms with E-state index in [0.29, 0.717) is 35.3 Å². The summed E-state index contributed by atoms with van der Waals surface area (Å²) < 4.78 is 99.6. The highest BCUT2D eigenvalue weighted by Gasteiger charge is 2.39. The molecular weight excluding hydrogens is 782 g/mol. The van der Waals surface area contributed by atoms with E-state index in [2.05, 4.69) is 29.6 Å². The maximum atomic E-state index is 12.9. The minimum Gasteiger partial charge on any atom is -0.484 e. The quantitative estimate of drug-likeness (QED) is 0.132. The molecule has 2 N–H and O–H groups in total. The maximum Gasteiger partial charge on any atom is 0.573 e. The van der Waals surface area contributed by atoms with E-state index in [4.69, 9.17) is 9.47 Å². The Balaban J connectivity index is 0.000000177. The number of carbonyl (C=O) groups is 2. The largest absolute Gasteiger partial charge is 0.573 e. The van der Waals surface area contributed by atoms with Crippen LogP contribution in [-0.2, 0) is 25.7 Å². The van der Waals surface area contributed by atoms with Crippen LogP contribution < -0.4 is 18.9 Å². The first-order valence-corrected chi connectivity index (χ1v) is 17.4. The summed E-state index contributed by atoms with van der Waals surface area (Å²) in [5, 5.41) is 27.0. The van der Waals surface area contributed by atoms with Crippen LogP contribution >= 0.6 is 0 Å². The average molecular weight is 815 g/mol. The number of rotatable bonds is 10. The third-order valence-electron chi connectivity index (χ3n) is 9.31. The zero-order chi connectivity index (χ0) is 41.6. The second kappa shape index (κ2) is 14.9. The summed E-state index contributed by atoms with van der Waals surface area (Å²) in [5.74, 6) is -1.55. The fraction of sp³-hybridized carbons (Fsp3) is 0.316. The Morgan fingerprint density at radius 3 is 1.47 bits per heavy atom. The Bertz CT molecular complexity index is 2370. The summed E-state index contributed by atoms with van der Waals surface area (Å²) in [4.78, 5) is 33.8. The third kappa shape index (κ3) is 8.52. The molecule has 4 aromatic heterocycles. The lowest BCUT2D eigenvalue weighted by Crippen LogP contribution is -2.34. The summed E-state index contributed by atoms with van der Waals surface area (Å²) in [6.07, 6.45) is -1.09. The molecule has 2 aliphatic heterocycles. The number of carbonyl (C=O) groups excluding carboxylic acids is 2. The molecule has 2 aliphatic rings. The predicted molar refractivity (Wildman–Crippen MR) is 188 cm³/mol. The van der Waals surface area contributed by atoms with Gasteiger partial charge < -0.3 is 29.2 Å². The number of Topliss-reactive ketones (excluding diaryl/α,β-unsaturated/α-hetero) is 2. The van der Waals surface area contributed by atoms with Crippen molar-refractivity contribution in [2.45, 2.75) is 63.5 Å². The molecular formula is C38H32F6N6O8. The molecule has 20 heteroatoms. The summed E-state index contributed by atoms with van der Waals surface area (Å²) >= 11 is 0. The van der Waals surface area contributed by atoms with E-state index < -0.39 is 47.0 Å². The lowest BCUT2D eigenvalue weighted by molar-refractivity contribution is -0.275. The van der Waals surface area contributed by atoms with Crippen LogP contribution in [0.4, 0.5) is 26.3 Å². The van der Waals surface area contributed by atoms with E-state index in [0.717, 1.165) is 12.1 Å². The highest BCUT2D eigenvalue weighted by atomic mass is 19.4. The molecule has 0 saturated heterocycles. The molecule has 2 aromatic carbocycles. The lowest BCUT2D eigenvalue weighted by atomic mass is 9.96. The highest BCUT2D eigenvalue weighted by molar-refractivity contribution is 6.03. The van der Waals surface area contributed by atoms with Crippen molar-refractivity contribution >= 4 is 22.9 Å². The van der Waals surface area contributed by atoms with Gasteiger partial charge in [0.05, 0.1) is 36.7 Å². The first-order chi connectivity index (χ1) is 27.3. The zero-order valence-corrected chi connectivity index (χ0v) is 30.5. The number of ketones is 2. The summed E-state index contributed by atoms with van der Waals surface area (Å²) in [7, 11) is 0. The minimum absolute atomic E-state index is 0.0622. The number of hydrogen-bond donors (Lipinski definition) is 2. The van der Waals surface area contributed by atoms with E-state index in [9.17, 15) is 46.1 Å². The Morgan fingerprint density at radius 1 is 0.707 bits per heavy atom. The summed E-state index contributed by atoms with van der Waals surface area (Å²) in [5.41, 5.74) is 0.454. The molecule has 0 fully saturated rings. The van der Waals surface area contributed by atoms with Gasteiger partial charge in [0.1, 0.15) is 34.2 Å². The first kappa shape index (κ1) is 39.9. The monoisotopic (exact) mass is 814 g/mol. The summed E-state index contributed by atoms with van der Waals surface area (Å²) in [6.45, 7) is 2.68. The Morgan fingerprint density at radius 2 is 1.10 bits per heavy atom. The van der Waals surface area contributed by atoms with Crippen molar-refractivity contribution in [2.75, 3.05) is 13.2 Å². The summed E-state index contributed by atoms with van der Waals surface area (Å²) in [6, 6.07) is 8.41. The second-order valence-corrected chi connectivity index (χ2v) is 14.1. The van der Waals surface area contributed by atoms with Crippen LogP contribution in [0.2, 0.25) is 0 Å². The van der Waals surface area contributed by atoms with Gasteiger partial charge in [-0.3, -0.25) is 9.59 Å². The standard InChI is InChI=1S/2C19H16F3N3O4/c2*1-18(10-26)8-12-5-11(15(7-16(12)28-18)29-19(20,21)22)6-14(27)13-9-24-25-4-2-3-23-17(13)25/h2*2-5,7,9,26H,6,8,10H2,1H3/t2*18-/m10/s1. The van der Waals surface area contributed by atoms with Crippen molar-refractivity contribution in [2.24, 2.45) is 0 Å². The number of aromatic nitrogens is 6. The van der Waals surface area contributed by atoms with E-state index in [-0.39, 0.29) is 59.8 Å². The lowest BCUT2D eigenvalue weighted by Gasteiger charge is -2.20. The highest BCUT2D eigenvalue weighted by Crippen LogP contribution is 2.42. The molecule has 6 aromatic rings. The smallest absolute Gasteiger partial charge is 0.484 e. The molecule has 0 aliphatic carbocycles. The average Bonchev–Trinajstić information content (AvgIpc) is 3.93. The topological polar surface area (TPSA) is 172 Å². The van der Waals surface area contributed by atoms with E-state index in [1.807, 2.05) is 0 Å². The van der Waals surface area contributed by atoms with Gasteiger partial charge in [-0.05, 0) is 49.2 Å². The van der Waals surface area contributed by atoms with E-state index >= 15 is 0 Å².